The summed E-state index contributed by atoms with van der Waals surface area (Å²) in [5, 5.41) is 8.68. The molecule has 1 saturated heterocycles. The van der Waals surface area contributed by atoms with Crippen LogP contribution < -0.4 is 5.32 Å². The number of hydroxylamine groups is 2. The molecule has 2 atom stereocenters. The minimum Gasteiger partial charge on any atom is -0.469 e. The first-order chi connectivity index (χ1) is 20.7. The summed E-state index contributed by atoms with van der Waals surface area (Å²) in [6, 6.07) is 10.6. The van der Waals surface area contributed by atoms with Gasteiger partial charge in [-0.1, -0.05) is 41.4 Å². The molecule has 1 fully saturated rings. The van der Waals surface area contributed by atoms with E-state index in [4.69, 9.17) is 32.8 Å². The molecular formula is C30H30Cl2N4O5S2. The third kappa shape index (κ3) is 7.03. The van der Waals surface area contributed by atoms with E-state index in [1.807, 2.05) is 36.7 Å². The van der Waals surface area contributed by atoms with Gasteiger partial charge in [0.2, 0.25) is 5.91 Å². The van der Waals surface area contributed by atoms with Gasteiger partial charge in [-0.3, -0.25) is 14.4 Å². The molecule has 0 unspecified atom stereocenters. The van der Waals surface area contributed by atoms with Gasteiger partial charge in [0, 0.05) is 45.2 Å². The summed E-state index contributed by atoms with van der Waals surface area (Å²) in [7, 11) is 4.79. The van der Waals surface area contributed by atoms with Gasteiger partial charge >= 0.3 is 5.97 Å². The Labute approximate surface area is 267 Å². The number of amides is 2. The minimum atomic E-state index is -0.290. The highest BCUT2D eigenvalue weighted by atomic mass is 35.5. The lowest BCUT2D eigenvalue weighted by atomic mass is 10.1. The molecule has 2 amide bonds. The molecule has 0 spiro atoms. The molecule has 226 valence electrons. The van der Waals surface area contributed by atoms with Crippen LogP contribution in [0.3, 0.4) is 0 Å². The number of nitrogens with one attached hydrogen (secondary N) is 1. The smallest absolute Gasteiger partial charge is 0.305 e. The number of likely N-dealkylation sites (N-methyl/N-ethyl adjacent to an activating group) is 1. The summed E-state index contributed by atoms with van der Waals surface area (Å²) in [6.45, 7) is 0.443. The topological polar surface area (TPSA) is 101 Å². The van der Waals surface area contributed by atoms with Gasteiger partial charge in [-0.2, -0.15) is 5.06 Å². The number of aromatic nitrogens is 1. The van der Waals surface area contributed by atoms with Crippen LogP contribution in [-0.2, 0) is 32.0 Å². The Hall–Kier alpha value is -3.06. The average molecular weight is 662 g/mol. The Balaban J connectivity index is 1.32. The number of benzene rings is 2. The van der Waals surface area contributed by atoms with Crippen molar-refractivity contribution in [3.8, 4) is 0 Å². The van der Waals surface area contributed by atoms with Crippen molar-refractivity contribution in [1.29, 1.82) is 0 Å². The molecule has 43 heavy (non-hydrogen) atoms. The standard InChI is InChI=1S/C30H30Cl2N4O5S2/c1-35(41-3)18-12-25(30-33-14-19(43-30)8-9-28(38)40-2)36(15-18)27(37)11-17-10-23(32)24(13-22(17)31)34-29(39)21-16-42-26-7-5-4-6-20(21)26/h4-7,10,13-14,16,18,25H,8-9,11-12,15H2,1-3H3,(H,34,39)/t18-,25-/m0/s1. The maximum absolute atomic E-state index is 13.7. The van der Waals surface area contributed by atoms with E-state index >= 15 is 0 Å². The number of ether oxygens (including phenoxy) is 1. The van der Waals surface area contributed by atoms with E-state index < -0.39 is 0 Å². The van der Waals surface area contributed by atoms with Crippen molar-refractivity contribution in [2.24, 2.45) is 0 Å². The van der Waals surface area contributed by atoms with E-state index in [1.165, 1.54) is 29.8 Å². The van der Waals surface area contributed by atoms with Gasteiger partial charge in [-0.05, 0) is 36.6 Å². The highest BCUT2D eigenvalue weighted by molar-refractivity contribution is 7.17. The van der Waals surface area contributed by atoms with Crippen LogP contribution >= 0.6 is 45.9 Å². The summed E-state index contributed by atoms with van der Waals surface area (Å²) in [4.78, 5) is 51.1. The van der Waals surface area contributed by atoms with E-state index in [0.29, 0.717) is 41.2 Å². The van der Waals surface area contributed by atoms with Gasteiger partial charge in [0.15, 0.2) is 0 Å². The van der Waals surface area contributed by atoms with Crippen molar-refractivity contribution in [1.82, 2.24) is 14.9 Å². The van der Waals surface area contributed by atoms with Crippen LogP contribution in [0.5, 0.6) is 0 Å². The van der Waals surface area contributed by atoms with Gasteiger partial charge < -0.3 is 19.8 Å². The van der Waals surface area contributed by atoms with Gasteiger partial charge in [0.25, 0.3) is 5.91 Å². The molecule has 0 saturated carbocycles. The van der Waals surface area contributed by atoms with Crippen molar-refractivity contribution in [2.45, 2.75) is 37.8 Å². The first-order valence-electron chi connectivity index (χ1n) is 13.5. The molecule has 13 heteroatoms. The maximum Gasteiger partial charge on any atom is 0.305 e. The highest BCUT2D eigenvalue weighted by Crippen LogP contribution is 2.38. The number of thiophene rings is 1. The van der Waals surface area contributed by atoms with E-state index in [9.17, 15) is 14.4 Å². The number of halogens is 2. The Morgan fingerprint density at radius 3 is 2.72 bits per heavy atom. The van der Waals surface area contributed by atoms with Crippen LogP contribution in [0.15, 0.2) is 48.0 Å². The number of hydrogen-bond donors (Lipinski definition) is 1. The number of thiazole rings is 1. The average Bonchev–Trinajstić information content (AvgIpc) is 3.76. The molecular weight excluding hydrogens is 631 g/mol. The number of rotatable bonds is 10. The van der Waals surface area contributed by atoms with Crippen LogP contribution in [-0.4, -0.2) is 66.6 Å². The molecule has 1 aliphatic heterocycles. The number of hydrogen-bond acceptors (Lipinski definition) is 9. The van der Waals surface area contributed by atoms with Crippen molar-refractivity contribution < 1.29 is 24.0 Å². The van der Waals surface area contributed by atoms with Crippen LogP contribution in [0.4, 0.5) is 5.69 Å². The Bertz CT molecular complexity index is 1660. The highest BCUT2D eigenvalue weighted by Gasteiger charge is 2.40. The summed E-state index contributed by atoms with van der Waals surface area (Å²) in [6.07, 6.45) is 3.19. The fourth-order valence-corrected chi connectivity index (χ4v) is 7.53. The van der Waals surface area contributed by atoms with Gasteiger partial charge in [0.1, 0.15) is 5.01 Å². The molecule has 0 bridgehead atoms. The number of carbonyl (C=O) groups excluding carboxylic acids is 3. The minimum absolute atomic E-state index is 0.0163. The first kappa shape index (κ1) is 31.4. The second-order valence-electron chi connectivity index (χ2n) is 10.1. The SMILES string of the molecule is COC(=O)CCc1cnc([C@@H]2C[C@H](N(C)OC)CN2C(=O)Cc2cc(Cl)c(NC(=O)c3csc4ccccc34)cc2Cl)s1. The van der Waals surface area contributed by atoms with Crippen LogP contribution in [0.1, 0.15) is 44.7 Å². The first-order valence-corrected chi connectivity index (χ1v) is 16.0. The number of anilines is 1. The fourth-order valence-electron chi connectivity index (χ4n) is 5.08. The van der Waals surface area contributed by atoms with Crippen molar-refractivity contribution in [3.05, 3.63) is 79.0 Å². The third-order valence-corrected chi connectivity index (χ3v) is 10.3. The van der Waals surface area contributed by atoms with Crippen molar-refractivity contribution in [2.75, 3.05) is 33.1 Å². The molecule has 9 nitrogen and oxygen atoms in total. The summed E-state index contributed by atoms with van der Waals surface area (Å²) in [5.74, 6) is -0.708. The van der Waals surface area contributed by atoms with E-state index in [2.05, 4.69) is 10.3 Å². The largest absolute Gasteiger partial charge is 0.469 e. The number of carbonyl (C=O) groups is 3. The Morgan fingerprint density at radius 1 is 1.16 bits per heavy atom. The second kappa shape index (κ2) is 13.7. The van der Waals surface area contributed by atoms with Gasteiger partial charge in [-0.25, -0.2) is 4.98 Å². The molecule has 2 aromatic carbocycles. The number of aryl methyl sites for hydroxylation is 1. The summed E-state index contributed by atoms with van der Waals surface area (Å²) in [5.41, 5.74) is 1.47. The summed E-state index contributed by atoms with van der Waals surface area (Å²) < 4.78 is 5.76. The Morgan fingerprint density at radius 2 is 1.95 bits per heavy atom. The predicted octanol–water partition coefficient (Wildman–Crippen LogP) is 6.40. The Kier molecular flexibility index (Phi) is 10.0. The number of nitrogens with zero attached hydrogens (tertiary/aromatic N) is 3. The van der Waals surface area contributed by atoms with E-state index in [-0.39, 0.29) is 47.7 Å². The lowest BCUT2D eigenvalue weighted by Crippen LogP contribution is -2.37. The molecule has 3 heterocycles. The van der Waals surface area contributed by atoms with Crippen LogP contribution in [0.25, 0.3) is 10.1 Å². The zero-order valence-corrected chi connectivity index (χ0v) is 26.9. The lowest BCUT2D eigenvalue weighted by molar-refractivity contribution is -0.141. The number of esters is 1. The van der Waals surface area contributed by atoms with Gasteiger partial charge in [0.05, 0.1) is 55.4 Å². The normalized spacial score (nSPS) is 16.7. The van der Waals surface area contributed by atoms with E-state index in [0.717, 1.165) is 20.0 Å². The molecule has 1 N–H and O–H groups in total. The molecule has 2 aromatic heterocycles. The van der Waals surface area contributed by atoms with E-state index in [1.54, 1.807) is 35.4 Å². The summed E-state index contributed by atoms with van der Waals surface area (Å²) >= 11 is 16.2. The molecule has 0 radical (unpaired) electrons. The quantitative estimate of drug-likeness (QED) is 0.155. The zero-order chi connectivity index (χ0) is 30.7. The monoisotopic (exact) mass is 660 g/mol. The van der Waals surface area contributed by atoms with Crippen molar-refractivity contribution >= 4 is 79.4 Å². The number of fused-ring (bicyclic) bond motifs is 1. The van der Waals surface area contributed by atoms with Crippen LogP contribution in [0, 0.1) is 0 Å². The second-order valence-corrected chi connectivity index (χ2v) is 13.0. The molecule has 0 aliphatic carbocycles. The molecule has 4 aromatic rings. The zero-order valence-electron chi connectivity index (χ0n) is 23.8. The van der Waals surface area contributed by atoms with Crippen LogP contribution in [0.2, 0.25) is 10.0 Å². The number of likely N-dealkylation sites (tertiary alicyclic amines) is 1. The molecule has 1 aliphatic rings. The number of methoxy groups -OCH3 is 1. The third-order valence-electron chi connectivity index (χ3n) is 7.51. The lowest BCUT2D eigenvalue weighted by Gasteiger charge is -2.24. The maximum atomic E-state index is 13.7. The van der Waals surface area contributed by atoms with Gasteiger partial charge in [-0.15, -0.1) is 22.7 Å². The predicted molar refractivity (Wildman–Crippen MR) is 170 cm³/mol. The molecule has 5 rings (SSSR count). The van der Waals surface area contributed by atoms with Crippen molar-refractivity contribution in [3.63, 3.8) is 0 Å². The fraction of sp³-hybridized carbons (Fsp3) is 0.333.